The minimum absolute atomic E-state index is 0.356. The van der Waals surface area contributed by atoms with E-state index < -0.39 is 38.1 Å². The van der Waals surface area contributed by atoms with E-state index in [0.29, 0.717) is 16.9 Å². The Kier molecular flexibility index (Phi) is 5.28. The van der Waals surface area contributed by atoms with E-state index in [1.807, 2.05) is 30.3 Å². The van der Waals surface area contributed by atoms with Crippen LogP contribution in [0.5, 0.6) is 0 Å². The topological polar surface area (TPSA) is 138 Å². The van der Waals surface area contributed by atoms with Gasteiger partial charge in [0.2, 0.25) is 0 Å². The first-order chi connectivity index (χ1) is 16.7. The molecule has 11 nitrogen and oxygen atoms in total. The third-order valence-electron chi connectivity index (χ3n) is 6.19. The van der Waals surface area contributed by atoms with Gasteiger partial charge >= 0.3 is 7.82 Å². The molecule has 0 spiro atoms. The second kappa shape index (κ2) is 8.14. The van der Waals surface area contributed by atoms with E-state index >= 15 is 0 Å². The number of rotatable bonds is 5. The van der Waals surface area contributed by atoms with Gasteiger partial charge in [0.1, 0.15) is 35.8 Å². The molecule has 0 radical (unpaired) electrons. The Morgan fingerprint density at radius 2 is 1.83 bits per heavy atom. The van der Waals surface area contributed by atoms with Crippen LogP contribution < -0.4 is 0 Å². The van der Waals surface area contributed by atoms with Gasteiger partial charge in [-0.05, 0) is 30.7 Å². The number of ether oxygens (including phenoxy) is 3. The first kappa shape index (κ1) is 22.7. The molecule has 0 amide bonds. The number of nitrogens with zero attached hydrogens (tertiary/aromatic N) is 4. The summed E-state index contributed by atoms with van der Waals surface area (Å²) in [5, 5.41) is 2.21. The summed E-state index contributed by atoms with van der Waals surface area (Å²) in [6, 6.07) is 14.2. The third-order valence-corrected chi connectivity index (χ3v) is 6.67. The molecular weight excluding hydrogens is 475 g/mol. The molecule has 6 rings (SSSR count). The fraction of sp³-hybridized carbons (Fsp3) is 0.348. The number of aromatic nitrogens is 4. The Morgan fingerprint density at radius 1 is 1.06 bits per heavy atom. The molecule has 4 aromatic rings. The highest BCUT2D eigenvalue weighted by Crippen LogP contribution is 2.45. The van der Waals surface area contributed by atoms with E-state index in [-0.39, 0.29) is 6.61 Å². The number of fused-ring (bicyclic) bond motifs is 3. The molecular formula is C23H23N4O7P. The quantitative estimate of drug-likeness (QED) is 0.395. The van der Waals surface area contributed by atoms with Gasteiger partial charge in [-0.3, -0.25) is 9.09 Å². The van der Waals surface area contributed by atoms with Crippen molar-refractivity contribution < 1.29 is 33.1 Å². The molecule has 2 saturated heterocycles. The van der Waals surface area contributed by atoms with Crippen molar-refractivity contribution in [1.82, 2.24) is 19.5 Å². The van der Waals surface area contributed by atoms with Gasteiger partial charge in [-0.15, -0.1) is 0 Å². The Hall–Kier alpha value is -2.76. The van der Waals surface area contributed by atoms with Crippen LogP contribution in [-0.2, 0) is 23.3 Å². The predicted octanol–water partition coefficient (Wildman–Crippen LogP) is 3.17. The van der Waals surface area contributed by atoms with Gasteiger partial charge in [0.15, 0.2) is 17.7 Å². The molecule has 35 heavy (non-hydrogen) atoms. The molecule has 0 bridgehead atoms. The van der Waals surface area contributed by atoms with Gasteiger partial charge in [-0.1, -0.05) is 36.4 Å². The highest BCUT2D eigenvalue weighted by atomic mass is 31.2. The van der Waals surface area contributed by atoms with Crippen molar-refractivity contribution in [2.24, 2.45) is 0 Å². The zero-order valence-corrected chi connectivity index (χ0v) is 19.8. The summed E-state index contributed by atoms with van der Waals surface area (Å²) in [6.45, 7) is 3.19. The molecule has 12 heteroatoms. The van der Waals surface area contributed by atoms with Crippen molar-refractivity contribution in [1.29, 1.82) is 0 Å². The summed E-state index contributed by atoms with van der Waals surface area (Å²) in [6.07, 6.45) is 0.455. The number of benzene rings is 2. The van der Waals surface area contributed by atoms with Gasteiger partial charge in [0.05, 0.1) is 12.9 Å². The van der Waals surface area contributed by atoms with E-state index in [4.69, 9.17) is 28.5 Å². The fourth-order valence-electron chi connectivity index (χ4n) is 4.77. The van der Waals surface area contributed by atoms with E-state index in [1.54, 1.807) is 24.7 Å². The monoisotopic (exact) mass is 498 g/mol. The smallest absolute Gasteiger partial charge is 0.347 e. The summed E-state index contributed by atoms with van der Waals surface area (Å²) < 4.78 is 35.9. The average molecular weight is 498 g/mol. The Bertz CT molecular complexity index is 1470. The molecule has 0 saturated carbocycles. The summed E-state index contributed by atoms with van der Waals surface area (Å²) >= 11 is 0. The van der Waals surface area contributed by atoms with Gasteiger partial charge in [-0.2, -0.15) is 0 Å². The van der Waals surface area contributed by atoms with Gasteiger partial charge in [0, 0.05) is 5.56 Å². The van der Waals surface area contributed by atoms with Crippen molar-refractivity contribution in [3.05, 3.63) is 55.1 Å². The summed E-state index contributed by atoms with van der Waals surface area (Å²) in [5.74, 6) is -0.903. The molecule has 2 aromatic carbocycles. The molecule has 2 aromatic heterocycles. The van der Waals surface area contributed by atoms with Crippen molar-refractivity contribution in [2.45, 2.75) is 44.2 Å². The lowest BCUT2D eigenvalue weighted by atomic mass is 10.0. The predicted molar refractivity (Wildman–Crippen MR) is 124 cm³/mol. The number of hydrogen-bond donors (Lipinski definition) is 2. The molecule has 182 valence electrons. The second-order valence-corrected chi connectivity index (χ2v) is 10.3. The normalized spacial score (nSPS) is 25.9. The van der Waals surface area contributed by atoms with E-state index in [2.05, 4.69) is 27.1 Å². The lowest BCUT2D eigenvalue weighted by Gasteiger charge is -2.24. The summed E-state index contributed by atoms with van der Waals surface area (Å²) in [7, 11) is -4.68. The summed E-state index contributed by atoms with van der Waals surface area (Å²) in [4.78, 5) is 31.8. The van der Waals surface area contributed by atoms with Gasteiger partial charge in [0.25, 0.3) is 0 Å². The van der Waals surface area contributed by atoms with Crippen LogP contribution in [0.2, 0.25) is 0 Å². The van der Waals surface area contributed by atoms with Crippen LogP contribution in [0.3, 0.4) is 0 Å². The standard InChI is InChI=1S/C23H23N4O7P/c1-23(2)33-19-16(10-31-35(28,29)30)32-22(20(19)34-23)27-12-26-18-17(24-11-25-21(18)27)15-8-7-13-5-3-4-6-14(13)9-15/h3-9,11-12,16,19-20,22H,10H2,1-2H3,(H2,28,29,30)/t16-,19-,20?,22-/m1/s1. The van der Waals surface area contributed by atoms with E-state index in [9.17, 15) is 4.57 Å². The molecule has 2 N–H and O–H groups in total. The number of imidazole rings is 1. The van der Waals surface area contributed by atoms with Gasteiger partial charge < -0.3 is 24.0 Å². The Labute approximate surface area is 199 Å². The lowest BCUT2D eigenvalue weighted by Crippen LogP contribution is -2.32. The Morgan fingerprint density at radius 3 is 2.63 bits per heavy atom. The van der Waals surface area contributed by atoms with Crippen LogP contribution in [0.1, 0.15) is 20.1 Å². The minimum Gasteiger partial charge on any atom is -0.347 e. The van der Waals surface area contributed by atoms with Crippen molar-refractivity contribution >= 4 is 29.8 Å². The number of hydrogen-bond acceptors (Lipinski definition) is 8. The highest BCUT2D eigenvalue weighted by Gasteiger charge is 2.56. The van der Waals surface area contributed by atoms with Crippen LogP contribution >= 0.6 is 7.82 Å². The lowest BCUT2D eigenvalue weighted by molar-refractivity contribution is -0.199. The maximum atomic E-state index is 11.3. The van der Waals surface area contributed by atoms with Crippen molar-refractivity contribution in [3.8, 4) is 11.3 Å². The SMILES string of the molecule is CC1(C)OC2[C@H](n3cnc4c(-c5ccc6ccccc6c5)ncnc43)O[C@H](COP(=O)(O)O)[C@H]2O1. The molecule has 2 aliphatic rings. The van der Waals surface area contributed by atoms with Crippen LogP contribution in [0, 0.1) is 0 Å². The maximum Gasteiger partial charge on any atom is 0.469 e. The first-order valence-electron chi connectivity index (χ1n) is 11.1. The van der Waals surface area contributed by atoms with Crippen LogP contribution in [0.25, 0.3) is 33.2 Å². The Balaban J connectivity index is 1.38. The van der Waals surface area contributed by atoms with Crippen LogP contribution in [-0.4, -0.2) is 60.0 Å². The number of phosphoric ester groups is 1. The first-order valence-corrected chi connectivity index (χ1v) is 12.6. The van der Waals surface area contributed by atoms with Gasteiger partial charge in [-0.25, -0.2) is 19.5 Å². The molecule has 2 aliphatic heterocycles. The molecule has 2 fully saturated rings. The maximum absolute atomic E-state index is 11.3. The fourth-order valence-corrected chi connectivity index (χ4v) is 5.11. The largest absolute Gasteiger partial charge is 0.469 e. The van der Waals surface area contributed by atoms with E-state index in [1.165, 1.54) is 6.33 Å². The minimum atomic E-state index is -4.68. The third kappa shape index (κ3) is 4.15. The molecule has 0 aliphatic carbocycles. The summed E-state index contributed by atoms with van der Waals surface area (Å²) in [5.41, 5.74) is 2.72. The number of phosphoric acid groups is 1. The van der Waals surface area contributed by atoms with E-state index in [0.717, 1.165) is 16.3 Å². The van der Waals surface area contributed by atoms with Crippen molar-refractivity contribution in [2.75, 3.05) is 6.61 Å². The molecule has 4 atom stereocenters. The molecule has 1 unspecified atom stereocenters. The van der Waals surface area contributed by atoms with Crippen molar-refractivity contribution in [3.63, 3.8) is 0 Å². The molecule has 4 heterocycles. The van der Waals surface area contributed by atoms with Crippen LogP contribution in [0.4, 0.5) is 0 Å². The zero-order valence-electron chi connectivity index (χ0n) is 18.9. The van der Waals surface area contributed by atoms with Crippen LogP contribution in [0.15, 0.2) is 55.1 Å². The highest BCUT2D eigenvalue weighted by molar-refractivity contribution is 7.46. The second-order valence-electron chi connectivity index (χ2n) is 9.02. The average Bonchev–Trinajstić information content (AvgIpc) is 3.47. The zero-order chi connectivity index (χ0) is 24.4.